The Bertz CT molecular complexity index is 1110. The van der Waals surface area contributed by atoms with Crippen LogP contribution >= 0.6 is 34.8 Å². The molecule has 7 nitrogen and oxygen atoms in total. The number of nitrogens with one attached hydrogen (secondary N) is 1. The van der Waals surface area contributed by atoms with Gasteiger partial charge in [0.1, 0.15) is 12.6 Å². The molecule has 0 bridgehead atoms. The van der Waals surface area contributed by atoms with Crippen molar-refractivity contribution < 1.29 is 18.0 Å². The van der Waals surface area contributed by atoms with Crippen LogP contribution in [0.1, 0.15) is 25.8 Å². The Morgan fingerprint density at radius 1 is 1.09 bits per heavy atom. The van der Waals surface area contributed by atoms with Crippen LogP contribution in [0.2, 0.25) is 15.1 Å². The van der Waals surface area contributed by atoms with Gasteiger partial charge in [0.25, 0.3) is 0 Å². The molecular formula is C22H26Cl3N3O4S. The number of carbonyl (C=O) groups is 2. The summed E-state index contributed by atoms with van der Waals surface area (Å²) in [4.78, 5) is 27.4. The van der Waals surface area contributed by atoms with Gasteiger partial charge >= 0.3 is 0 Å². The van der Waals surface area contributed by atoms with E-state index in [1.54, 1.807) is 31.2 Å². The van der Waals surface area contributed by atoms with E-state index in [0.717, 1.165) is 17.0 Å². The zero-order valence-corrected chi connectivity index (χ0v) is 21.6. The van der Waals surface area contributed by atoms with E-state index in [1.807, 2.05) is 6.92 Å². The van der Waals surface area contributed by atoms with Gasteiger partial charge in [-0.25, -0.2) is 8.42 Å². The Morgan fingerprint density at radius 2 is 1.76 bits per heavy atom. The topological polar surface area (TPSA) is 86.8 Å². The molecule has 0 aliphatic carbocycles. The third kappa shape index (κ3) is 7.50. The smallest absolute Gasteiger partial charge is 0.244 e. The molecule has 0 spiro atoms. The van der Waals surface area contributed by atoms with Gasteiger partial charge in [-0.15, -0.1) is 0 Å². The van der Waals surface area contributed by atoms with E-state index in [4.69, 9.17) is 34.8 Å². The number of halogens is 3. The van der Waals surface area contributed by atoms with Crippen LogP contribution in [-0.4, -0.2) is 50.5 Å². The minimum absolute atomic E-state index is 0.00696. The first-order chi connectivity index (χ1) is 15.5. The van der Waals surface area contributed by atoms with Gasteiger partial charge in [-0.3, -0.25) is 13.9 Å². The molecule has 0 aliphatic rings. The number of anilines is 1. The van der Waals surface area contributed by atoms with Gasteiger partial charge < -0.3 is 10.2 Å². The first-order valence-corrected chi connectivity index (χ1v) is 13.2. The lowest BCUT2D eigenvalue weighted by molar-refractivity contribution is -0.139. The molecule has 1 N–H and O–H groups in total. The van der Waals surface area contributed by atoms with E-state index in [2.05, 4.69) is 5.32 Å². The summed E-state index contributed by atoms with van der Waals surface area (Å²) in [6.45, 7) is 3.45. The summed E-state index contributed by atoms with van der Waals surface area (Å²) in [5, 5.41) is 3.40. The molecule has 0 unspecified atom stereocenters. The van der Waals surface area contributed by atoms with Crippen LogP contribution in [0.4, 0.5) is 5.69 Å². The van der Waals surface area contributed by atoms with Crippen LogP contribution in [0.3, 0.4) is 0 Å². The number of hydrogen-bond acceptors (Lipinski definition) is 4. The van der Waals surface area contributed by atoms with E-state index in [1.165, 1.54) is 23.1 Å². The standard InChI is InChI=1S/C22H26Cl3N3O4S/c1-4-11-26-22(30)15(2)27(13-16-7-5-8-17(23)12-16)20(29)14-28(33(3,31)32)19-10-6-9-18(24)21(19)25/h5-10,12,15H,4,11,13-14H2,1-3H3,(H,26,30)/t15-/m0/s1. The number of hydrogen-bond donors (Lipinski definition) is 1. The highest BCUT2D eigenvalue weighted by Gasteiger charge is 2.31. The summed E-state index contributed by atoms with van der Waals surface area (Å²) in [5.41, 5.74) is 0.767. The van der Waals surface area contributed by atoms with Crippen molar-refractivity contribution in [2.45, 2.75) is 32.9 Å². The van der Waals surface area contributed by atoms with Crippen molar-refractivity contribution in [3.05, 3.63) is 63.1 Å². The average molecular weight is 535 g/mol. The van der Waals surface area contributed by atoms with Crippen molar-refractivity contribution in [1.29, 1.82) is 0 Å². The lowest BCUT2D eigenvalue weighted by Crippen LogP contribution is -2.51. The number of amides is 2. The second-order valence-electron chi connectivity index (χ2n) is 7.46. The number of rotatable bonds is 10. The molecule has 0 heterocycles. The fourth-order valence-corrected chi connectivity index (χ4v) is 4.61. The van der Waals surface area contributed by atoms with Gasteiger partial charge in [-0.05, 0) is 43.2 Å². The molecule has 11 heteroatoms. The molecule has 0 aliphatic heterocycles. The molecule has 2 amide bonds. The molecule has 2 rings (SSSR count). The lowest BCUT2D eigenvalue weighted by Gasteiger charge is -2.31. The summed E-state index contributed by atoms with van der Waals surface area (Å²) >= 11 is 18.4. The van der Waals surface area contributed by atoms with E-state index < -0.39 is 28.5 Å². The molecule has 2 aromatic carbocycles. The molecule has 0 saturated heterocycles. The number of carbonyl (C=O) groups excluding carboxylic acids is 2. The maximum atomic E-state index is 13.4. The van der Waals surface area contributed by atoms with E-state index in [0.29, 0.717) is 17.1 Å². The minimum Gasteiger partial charge on any atom is -0.354 e. The van der Waals surface area contributed by atoms with Crippen LogP contribution in [-0.2, 0) is 26.2 Å². The summed E-state index contributed by atoms with van der Waals surface area (Å²) < 4.78 is 26.0. The van der Waals surface area contributed by atoms with E-state index in [-0.39, 0.29) is 28.2 Å². The molecule has 2 aromatic rings. The van der Waals surface area contributed by atoms with Gasteiger partial charge in [0.2, 0.25) is 21.8 Å². The zero-order valence-electron chi connectivity index (χ0n) is 18.5. The summed E-state index contributed by atoms with van der Waals surface area (Å²) in [6, 6.07) is 10.5. The van der Waals surface area contributed by atoms with Crippen LogP contribution in [0.5, 0.6) is 0 Å². The van der Waals surface area contributed by atoms with Crippen LogP contribution in [0.15, 0.2) is 42.5 Å². The highest BCUT2D eigenvalue weighted by molar-refractivity contribution is 7.92. The number of benzene rings is 2. The van der Waals surface area contributed by atoms with Gasteiger partial charge in [0.15, 0.2) is 0 Å². The molecule has 1 atom stereocenters. The normalized spacial score (nSPS) is 12.2. The van der Waals surface area contributed by atoms with Crippen LogP contribution < -0.4 is 9.62 Å². The van der Waals surface area contributed by atoms with Crippen molar-refractivity contribution in [2.75, 3.05) is 23.7 Å². The molecule has 0 radical (unpaired) electrons. The Morgan fingerprint density at radius 3 is 2.36 bits per heavy atom. The zero-order chi connectivity index (χ0) is 24.8. The second kappa shape index (κ2) is 11.9. The molecule has 0 saturated carbocycles. The Labute approximate surface area is 209 Å². The second-order valence-corrected chi connectivity index (χ2v) is 10.6. The predicted molar refractivity (Wildman–Crippen MR) is 133 cm³/mol. The lowest BCUT2D eigenvalue weighted by atomic mass is 10.1. The largest absolute Gasteiger partial charge is 0.354 e. The molecular weight excluding hydrogens is 509 g/mol. The quantitative estimate of drug-likeness (QED) is 0.491. The van der Waals surface area contributed by atoms with Crippen molar-refractivity contribution >= 4 is 62.3 Å². The minimum atomic E-state index is -3.90. The summed E-state index contributed by atoms with van der Waals surface area (Å²) in [7, 11) is -3.90. The molecule has 33 heavy (non-hydrogen) atoms. The van der Waals surface area contributed by atoms with Crippen LogP contribution in [0, 0.1) is 0 Å². The van der Waals surface area contributed by atoms with Gasteiger partial charge in [0.05, 0.1) is 22.0 Å². The molecule has 0 aromatic heterocycles. The number of nitrogens with zero attached hydrogens (tertiary/aromatic N) is 2. The predicted octanol–water partition coefficient (Wildman–Crippen LogP) is 4.36. The van der Waals surface area contributed by atoms with Gasteiger partial charge in [-0.1, -0.05) is 59.9 Å². The average Bonchev–Trinajstić information content (AvgIpc) is 2.75. The summed E-state index contributed by atoms with van der Waals surface area (Å²) in [6.07, 6.45) is 1.70. The third-order valence-corrected chi connectivity index (χ3v) is 7.01. The van der Waals surface area contributed by atoms with Crippen molar-refractivity contribution in [3.8, 4) is 0 Å². The molecule has 180 valence electrons. The Hall–Kier alpha value is -2.00. The highest BCUT2D eigenvalue weighted by atomic mass is 35.5. The first kappa shape index (κ1) is 27.2. The van der Waals surface area contributed by atoms with Gasteiger partial charge in [0, 0.05) is 18.1 Å². The Balaban J connectivity index is 2.42. The van der Waals surface area contributed by atoms with Crippen molar-refractivity contribution in [1.82, 2.24) is 10.2 Å². The number of sulfonamides is 1. The fraction of sp³-hybridized carbons (Fsp3) is 0.364. The maximum absolute atomic E-state index is 13.4. The van der Waals surface area contributed by atoms with Crippen molar-refractivity contribution in [3.63, 3.8) is 0 Å². The Kier molecular flexibility index (Phi) is 9.84. The summed E-state index contributed by atoms with van der Waals surface area (Å²) in [5.74, 6) is -0.936. The van der Waals surface area contributed by atoms with E-state index >= 15 is 0 Å². The van der Waals surface area contributed by atoms with E-state index in [9.17, 15) is 18.0 Å². The molecule has 0 fully saturated rings. The fourth-order valence-electron chi connectivity index (χ4n) is 3.09. The van der Waals surface area contributed by atoms with Gasteiger partial charge in [-0.2, -0.15) is 0 Å². The third-order valence-electron chi connectivity index (χ3n) is 4.84. The van der Waals surface area contributed by atoms with Crippen molar-refractivity contribution in [2.24, 2.45) is 0 Å². The highest BCUT2D eigenvalue weighted by Crippen LogP contribution is 2.33. The SMILES string of the molecule is CCCNC(=O)[C@H](C)N(Cc1cccc(Cl)c1)C(=O)CN(c1cccc(Cl)c1Cl)S(C)(=O)=O. The first-order valence-electron chi connectivity index (χ1n) is 10.2. The van der Waals surface area contributed by atoms with Crippen LogP contribution in [0.25, 0.3) is 0 Å². The maximum Gasteiger partial charge on any atom is 0.244 e. The monoisotopic (exact) mass is 533 g/mol.